The van der Waals surface area contributed by atoms with E-state index in [2.05, 4.69) is 27.7 Å². The molecule has 0 saturated heterocycles. The van der Waals surface area contributed by atoms with E-state index in [4.69, 9.17) is 0 Å². The first kappa shape index (κ1) is 14.0. The lowest BCUT2D eigenvalue weighted by Gasteiger charge is -2.13. The molecule has 0 radical (unpaired) electrons. The quantitative estimate of drug-likeness (QED) is 0.650. The van der Waals surface area contributed by atoms with Gasteiger partial charge in [-0.1, -0.05) is 45.2 Å². The summed E-state index contributed by atoms with van der Waals surface area (Å²) in [5, 5.41) is 0. The van der Waals surface area contributed by atoms with Gasteiger partial charge >= 0.3 is 0 Å². The van der Waals surface area contributed by atoms with Crippen molar-refractivity contribution >= 4 is 5.78 Å². The van der Waals surface area contributed by atoms with Crippen LogP contribution in [0, 0.1) is 19.8 Å². The van der Waals surface area contributed by atoms with E-state index in [1.165, 1.54) is 17.5 Å². The Bertz CT molecular complexity index is 379. The number of hydrogen-bond acceptors (Lipinski definition) is 1. The zero-order valence-corrected chi connectivity index (χ0v) is 11.5. The molecular formula is C16H24O. The Morgan fingerprint density at radius 2 is 1.88 bits per heavy atom. The van der Waals surface area contributed by atoms with E-state index in [9.17, 15) is 4.79 Å². The van der Waals surface area contributed by atoms with Crippen molar-refractivity contribution in [2.45, 2.75) is 53.4 Å². The number of ketones is 1. The molecule has 94 valence electrons. The first-order valence-electron chi connectivity index (χ1n) is 6.68. The van der Waals surface area contributed by atoms with Crippen LogP contribution in [0.25, 0.3) is 0 Å². The zero-order chi connectivity index (χ0) is 12.8. The summed E-state index contributed by atoms with van der Waals surface area (Å²) in [4.78, 5) is 12.2. The van der Waals surface area contributed by atoms with Gasteiger partial charge in [-0.05, 0) is 37.0 Å². The van der Waals surface area contributed by atoms with Crippen molar-refractivity contribution in [3.63, 3.8) is 0 Å². The monoisotopic (exact) mass is 232 g/mol. The molecule has 0 spiro atoms. The first-order valence-corrected chi connectivity index (χ1v) is 6.68. The van der Waals surface area contributed by atoms with Crippen LogP contribution in [0.4, 0.5) is 0 Å². The van der Waals surface area contributed by atoms with Crippen molar-refractivity contribution < 1.29 is 4.79 Å². The lowest BCUT2D eigenvalue weighted by molar-refractivity contribution is 0.0957. The standard InChI is InChI=1S/C16H24O/c1-5-7-14(6-2)11-16(17)15-9-8-12(3)13(4)10-15/h8-10,14H,5-7,11H2,1-4H3. The molecule has 0 aromatic heterocycles. The Morgan fingerprint density at radius 1 is 1.18 bits per heavy atom. The van der Waals surface area contributed by atoms with Crippen molar-refractivity contribution in [1.82, 2.24) is 0 Å². The summed E-state index contributed by atoms with van der Waals surface area (Å²) in [5.41, 5.74) is 3.34. The molecule has 1 unspecified atom stereocenters. The number of hydrogen-bond donors (Lipinski definition) is 0. The molecular weight excluding hydrogens is 208 g/mol. The summed E-state index contributed by atoms with van der Waals surface area (Å²) in [7, 11) is 0. The normalized spacial score (nSPS) is 12.5. The predicted octanol–water partition coefficient (Wildman–Crippen LogP) is 4.70. The largest absolute Gasteiger partial charge is 0.294 e. The van der Waals surface area contributed by atoms with Crippen LogP contribution in [0.3, 0.4) is 0 Å². The highest BCUT2D eigenvalue weighted by molar-refractivity contribution is 5.96. The molecule has 0 N–H and O–H groups in total. The molecule has 0 aliphatic heterocycles. The van der Waals surface area contributed by atoms with E-state index in [-0.39, 0.29) is 0 Å². The van der Waals surface area contributed by atoms with Crippen LogP contribution in [0.5, 0.6) is 0 Å². The third-order valence-corrected chi connectivity index (χ3v) is 3.58. The van der Waals surface area contributed by atoms with Crippen LogP contribution in [-0.2, 0) is 0 Å². The number of aryl methyl sites for hydroxylation is 2. The SMILES string of the molecule is CCCC(CC)CC(=O)c1ccc(C)c(C)c1. The Balaban J connectivity index is 2.72. The van der Waals surface area contributed by atoms with E-state index in [0.717, 1.165) is 18.4 Å². The van der Waals surface area contributed by atoms with E-state index in [1.807, 2.05) is 18.2 Å². The zero-order valence-electron chi connectivity index (χ0n) is 11.5. The van der Waals surface area contributed by atoms with Gasteiger partial charge in [-0.15, -0.1) is 0 Å². The Kier molecular flexibility index (Phi) is 5.40. The van der Waals surface area contributed by atoms with Crippen molar-refractivity contribution in [1.29, 1.82) is 0 Å². The molecule has 0 heterocycles. The van der Waals surface area contributed by atoms with E-state index < -0.39 is 0 Å². The highest BCUT2D eigenvalue weighted by atomic mass is 16.1. The Morgan fingerprint density at radius 3 is 2.41 bits per heavy atom. The molecule has 1 heteroatoms. The fraction of sp³-hybridized carbons (Fsp3) is 0.562. The van der Waals surface area contributed by atoms with Crippen LogP contribution in [0.2, 0.25) is 0 Å². The summed E-state index contributed by atoms with van der Waals surface area (Å²) in [5.74, 6) is 0.850. The van der Waals surface area contributed by atoms with Crippen molar-refractivity contribution in [3.05, 3.63) is 34.9 Å². The maximum absolute atomic E-state index is 12.2. The van der Waals surface area contributed by atoms with Gasteiger partial charge in [0.2, 0.25) is 0 Å². The van der Waals surface area contributed by atoms with Crippen LogP contribution >= 0.6 is 0 Å². The molecule has 1 aromatic carbocycles. The van der Waals surface area contributed by atoms with Gasteiger partial charge in [-0.25, -0.2) is 0 Å². The van der Waals surface area contributed by atoms with Gasteiger partial charge in [-0.2, -0.15) is 0 Å². The third-order valence-electron chi connectivity index (χ3n) is 3.58. The summed E-state index contributed by atoms with van der Waals surface area (Å²) < 4.78 is 0. The minimum atomic E-state index is 0.299. The Labute approximate surface area is 105 Å². The van der Waals surface area contributed by atoms with Crippen molar-refractivity contribution in [3.8, 4) is 0 Å². The molecule has 17 heavy (non-hydrogen) atoms. The van der Waals surface area contributed by atoms with Crippen LogP contribution in [0.15, 0.2) is 18.2 Å². The van der Waals surface area contributed by atoms with Gasteiger partial charge in [0, 0.05) is 12.0 Å². The topological polar surface area (TPSA) is 17.1 Å². The lowest BCUT2D eigenvalue weighted by atomic mass is 9.91. The minimum Gasteiger partial charge on any atom is -0.294 e. The van der Waals surface area contributed by atoms with Crippen molar-refractivity contribution in [2.24, 2.45) is 5.92 Å². The smallest absolute Gasteiger partial charge is 0.163 e. The van der Waals surface area contributed by atoms with Gasteiger partial charge in [0.1, 0.15) is 0 Å². The van der Waals surface area contributed by atoms with Gasteiger partial charge in [0.25, 0.3) is 0 Å². The summed E-state index contributed by atoms with van der Waals surface area (Å²) in [6.45, 7) is 8.50. The second-order valence-corrected chi connectivity index (χ2v) is 4.99. The molecule has 0 aliphatic rings. The number of carbonyl (C=O) groups is 1. The summed E-state index contributed by atoms with van der Waals surface area (Å²) in [6, 6.07) is 6.03. The molecule has 1 atom stereocenters. The lowest BCUT2D eigenvalue weighted by Crippen LogP contribution is -2.08. The number of benzene rings is 1. The maximum Gasteiger partial charge on any atom is 0.163 e. The molecule has 1 rings (SSSR count). The molecule has 0 amide bonds. The summed E-state index contributed by atoms with van der Waals surface area (Å²) in [6.07, 6.45) is 4.13. The third kappa shape index (κ3) is 3.99. The van der Waals surface area contributed by atoms with Gasteiger partial charge < -0.3 is 0 Å². The average Bonchev–Trinajstić information content (AvgIpc) is 2.31. The highest BCUT2D eigenvalue weighted by Gasteiger charge is 2.13. The fourth-order valence-electron chi connectivity index (χ4n) is 2.15. The van der Waals surface area contributed by atoms with Crippen LogP contribution in [-0.4, -0.2) is 5.78 Å². The molecule has 0 bridgehead atoms. The average molecular weight is 232 g/mol. The Hall–Kier alpha value is -1.11. The molecule has 0 fully saturated rings. The van der Waals surface area contributed by atoms with Gasteiger partial charge in [0.05, 0.1) is 0 Å². The van der Waals surface area contributed by atoms with Crippen molar-refractivity contribution in [2.75, 3.05) is 0 Å². The molecule has 0 saturated carbocycles. The van der Waals surface area contributed by atoms with Gasteiger partial charge in [-0.3, -0.25) is 4.79 Å². The highest BCUT2D eigenvalue weighted by Crippen LogP contribution is 2.19. The minimum absolute atomic E-state index is 0.299. The molecule has 1 nitrogen and oxygen atoms in total. The first-order chi connectivity index (χ1) is 8.08. The van der Waals surface area contributed by atoms with Crippen LogP contribution < -0.4 is 0 Å². The van der Waals surface area contributed by atoms with E-state index in [1.54, 1.807) is 0 Å². The molecule has 1 aromatic rings. The molecule has 0 aliphatic carbocycles. The van der Waals surface area contributed by atoms with E-state index >= 15 is 0 Å². The number of rotatable bonds is 6. The number of carbonyl (C=O) groups excluding carboxylic acids is 1. The fourth-order valence-corrected chi connectivity index (χ4v) is 2.15. The maximum atomic E-state index is 12.2. The van der Waals surface area contributed by atoms with E-state index in [0.29, 0.717) is 18.1 Å². The summed E-state index contributed by atoms with van der Waals surface area (Å²) >= 11 is 0. The number of Topliss-reactive ketones (excluding diaryl/α,β-unsaturated/α-hetero) is 1. The second-order valence-electron chi connectivity index (χ2n) is 4.99. The second kappa shape index (κ2) is 6.58. The predicted molar refractivity (Wildman–Crippen MR) is 73.6 cm³/mol. The van der Waals surface area contributed by atoms with Gasteiger partial charge in [0.15, 0.2) is 5.78 Å². The van der Waals surface area contributed by atoms with Crippen LogP contribution in [0.1, 0.15) is 61.0 Å².